The number of nitrogens with zero attached hydrogens (tertiary/aromatic N) is 4. The number of fused-ring (bicyclic) bond motifs is 1. The molecule has 1 aliphatic rings. The maximum Gasteiger partial charge on any atom is 0.242 e. The second kappa shape index (κ2) is 6.37. The van der Waals surface area contributed by atoms with Crippen LogP contribution in [0.3, 0.4) is 0 Å². The number of carbonyl (C=O) groups is 2. The van der Waals surface area contributed by atoms with Crippen molar-refractivity contribution in [1.29, 1.82) is 0 Å². The molecule has 2 amide bonds. The molecule has 0 aliphatic carbocycles. The number of nitrogens with two attached hydrogens (primary N) is 1. The molecule has 2 heterocycles. The zero-order valence-electron chi connectivity index (χ0n) is 13.2. The Labute approximate surface area is 134 Å². The van der Waals surface area contributed by atoms with Gasteiger partial charge in [0.25, 0.3) is 0 Å². The van der Waals surface area contributed by atoms with Crippen molar-refractivity contribution in [2.45, 2.75) is 6.54 Å². The van der Waals surface area contributed by atoms with Crippen molar-refractivity contribution in [2.24, 2.45) is 11.7 Å². The highest BCUT2D eigenvalue weighted by Gasteiger charge is 2.27. The molecule has 7 heteroatoms. The first kappa shape index (κ1) is 15.5. The summed E-state index contributed by atoms with van der Waals surface area (Å²) < 4.78 is 1.84. The van der Waals surface area contributed by atoms with E-state index in [4.69, 9.17) is 5.73 Å². The molecular weight excluding hydrogens is 294 g/mol. The lowest BCUT2D eigenvalue weighted by Crippen LogP contribution is -2.41. The summed E-state index contributed by atoms with van der Waals surface area (Å²) in [4.78, 5) is 32.3. The maximum absolute atomic E-state index is 12.6. The third kappa shape index (κ3) is 3.34. The van der Waals surface area contributed by atoms with Crippen molar-refractivity contribution in [2.75, 3.05) is 33.2 Å². The van der Waals surface area contributed by atoms with Crippen LogP contribution in [-0.4, -0.2) is 64.4 Å². The van der Waals surface area contributed by atoms with Gasteiger partial charge in [-0.1, -0.05) is 12.1 Å². The van der Waals surface area contributed by atoms with E-state index in [2.05, 4.69) is 4.98 Å². The van der Waals surface area contributed by atoms with Gasteiger partial charge < -0.3 is 20.1 Å². The Balaban J connectivity index is 1.75. The van der Waals surface area contributed by atoms with E-state index in [0.29, 0.717) is 19.6 Å². The van der Waals surface area contributed by atoms with E-state index in [0.717, 1.165) is 17.6 Å². The molecule has 23 heavy (non-hydrogen) atoms. The molecule has 1 saturated heterocycles. The third-order valence-electron chi connectivity index (χ3n) is 4.31. The molecule has 1 aromatic heterocycles. The SMILES string of the molecule is CN1CCN(C(=O)Cn2cnc3ccccc32)C[C@H](C(N)=O)C1. The van der Waals surface area contributed by atoms with Crippen molar-refractivity contribution in [3.8, 4) is 0 Å². The van der Waals surface area contributed by atoms with E-state index in [1.807, 2.05) is 40.8 Å². The number of rotatable bonds is 3. The highest BCUT2D eigenvalue weighted by molar-refractivity contribution is 5.82. The second-order valence-corrected chi connectivity index (χ2v) is 6.06. The molecule has 1 aliphatic heterocycles. The largest absolute Gasteiger partial charge is 0.369 e. The minimum absolute atomic E-state index is 0.0188. The average molecular weight is 315 g/mol. The van der Waals surface area contributed by atoms with Crippen LogP contribution >= 0.6 is 0 Å². The molecule has 0 spiro atoms. The number of benzene rings is 1. The number of hydrogen-bond donors (Lipinski definition) is 1. The van der Waals surface area contributed by atoms with Gasteiger partial charge >= 0.3 is 0 Å². The summed E-state index contributed by atoms with van der Waals surface area (Å²) in [5, 5.41) is 0. The standard InChI is InChI=1S/C16H21N5O2/c1-19-6-7-20(9-12(8-19)16(17)23)15(22)10-21-11-18-13-4-2-3-5-14(13)21/h2-5,11-12H,6-10H2,1H3,(H2,17,23)/t12-/m1/s1. The minimum Gasteiger partial charge on any atom is -0.369 e. The predicted molar refractivity (Wildman–Crippen MR) is 86.5 cm³/mol. The Kier molecular flexibility index (Phi) is 4.29. The Morgan fingerprint density at radius 1 is 1.26 bits per heavy atom. The van der Waals surface area contributed by atoms with Crippen LogP contribution in [0.2, 0.25) is 0 Å². The van der Waals surface area contributed by atoms with Crippen LogP contribution in [0.15, 0.2) is 30.6 Å². The first-order chi connectivity index (χ1) is 11.0. The van der Waals surface area contributed by atoms with E-state index >= 15 is 0 Å². The van der Waals surface area contributed by atoms with Crippen molar-refractivity contribution in [3.63, 3.8) is 0 Å². The predicted octanol–water partition coefficient (Wildman–Crippen LogP) is -0.0882. The zero-order chi connectivity index (χ0) is 16.4. The van der Waals surface area contributed by atoms with Crippen LogP contribution in [0.1, 0.15) is 0 Å². The number of likely N-dealkylation sites (N-methyl/N-ethyl adjacent to an activating group) is 1. The molecule has 0 saturated carbocycles. The van der Waals surface area contributed by atoms with Crippen molar-refractivity contribution < 1.29 is 9.59 Å². The van der Waals surface area contributed by atoms with E-state index in [-0.39, 0.29) is 24.3 Å². The van der Waals surface area contributed by atoms with Crippen molar-refractivity contribution >= 4 is 22.8 Å². The number of primary amides is 1. The Morgan fingerprint density at radius 3 is 2.83 bits per heavy atom. The van der Waals surface area contributed by atoms with Gasteiger partial charge in [0.2, 0.25) is 11.8 Å². The summed E-state index contributed by atoms with van der Waals surface area (Å²) in [7, 11) is 1.94. The Bertz CT molecular complexity index is 726. The van der Waals surface area contributed by atoms with Gasteiger partial charge in [-0.05, 0) is 19.2 Å². The zero-order valence-corrected chi connectivity index (χ0v) is 13.2. The van der Waals surface area contributed by atoms with E-state index < -0.39 is 0 Å². The molecule has 7 nitrogen and oxygen atoms in total. The van der Waals surface area contributed by atoms with Gasteiger partial charge in [-0.25, -0.2) is 4.98 Å². The van der Waals surface area contributed by atoms with Gasteiger partial charge in [-0.3, -0.25) is 9.59 Å². The highest BCUT2D eigenvalue weighted by Crippen LogP contribution is 2.13. The fourth-order valence-corrected chi connectivity index (χ4v) is 2.96. The number of para-hydroxylation sites is 2. The van der Waals surface area contributed by atoms with Gasteiger partial charge in [0.15, 0.2) is 0 Å². The summed E-state index contributed by atoms with van der Waals surface area (Å²) in [5.74, 6) is -0.703. The van der Waals surface area contributed by atoms with Crippen LogP contribution in [0, 0.1) is 5.92 Å². The second-order valence-electron chi connectivity index (χ2n) is 6.06. The normalized spacial score (nSPS) is 19.7. The quantitative estimate of drug-likeness (QED) is 0.858. The van der Waals surface area contributed by atoms with Gasteiger partial charge in [-0.2, -0.15) is 0 Å². The van der Waals surface area contributed by atoms with Crippen LogP contribution in [-0.2, 0) is 16.1 Å². The average Bonchev–Trinajstić information content (AvgIpc) is 2.81. The van der Waals surface area contributed by atoms with Gasteiger partial charge in [-0.15, -0.1) is 0 Å². The molecule has 2 aromatic rings. The molecule has 0 unspecified atom stereocenters. The van der Waals surface area contributed by atoms with Crippen LogP contribution in [0.25, 0.3) is 11.0 Å². The van der Waals surface area contributed by atoms with Gasteiger partial charge in [0.05, 0.1) is 23.3 Å². The van der Waals surface area contributed by atoms with E-state index in [1.54, 1.807) is 11.2 Å². The number of imidazole rings is 1. The molecule has 1 aromatic carbocycles. The van der Waals surface area contributed by atoms with Crippen molar-refractivity contribution in [3.05, 3.63) is 30.6 Å². The summed E-state index contributed by atoms with van der Waals surface area (Å²) in [5.41, 5.74) is 7.25. The topological polar surface area (TPSA) is 84.5 Å². The summed E-state index contributed by atoms with van der Waals surface area (Å²) in [6, 6.07) is 7.71. The van der Waals surface area contributed by atoms with Crippen molar-refractivity contribution in [1.82, 2.24) is 19.4 Å². The molecular formula is C16H21N5O2. The van der Waals surface area contributed by atoms with E-state index in [9.17, 15) is 9.59 Å². The Hall–Kier alpha value is -2.41. The number of carbonyl (C=O) groups excluding carboxylic acids is 2. The molecule has 1 atom stereocenters. The summed E-state index contributed by atoms with van der Waals surface area (Å²) in [6.07, 6.45) is 1.68. The third-order valence-corrected chi connectivity index (χ3v) is 4.31. The van der Waals surface area contributed by atoms with Gasteiger partial charge in [0, 0.05) is 26.2 Å². The fourth-order valence-electron chi connectivity index (χ4n) is 2.96. The summed E-state index contributed by atoms with van der Waals surface area (Å²) >= 11 is 0. The minimum atomic E-state index is -0.357. The first-order valence-corrected chi connectivity index (χ1v) is 7.70. The number of hydrogen-bond acceptors (Lipinski definition) is 4. The molecule has 3 rings (SSSR count). The van der Waals surface area contributed by atoms with Crippen LogP contribution in [0.5, 0.6) is 0 Å². The highest BCUT2D eigenvalue weighted by atomic mass is 16.2. The molecule has 1 fully saturated rings. The monoisotopic (exact) mass is 315 g/mol. The smallest absolute Gasteiger partial charge is 0.242 e. The summed E-state index contributed by atoms with van der Waals surface area (Å²) in [6.45, 7) is 2.53. The number of amides is 2. The van der Waals surface area contributed by atoms with E-state index in [1.165, 1.54) is 0 Å². The first-order valence-electron chi connectivity index (χ1n) is 7.70. The molecule has 2 N–H and O–H groups in total. The fraction of sp³-hybridized carbons (Fsp3) is 0.438. The lowest BCUT2D eigenvalue weighted by Gasteiger charge is -2.23. The molecule has 0 bridgehead atoms. The van der Waals surface area contributed by atoms with Crippen LogP contribution in [0.4, 0.5) is 0 Å². The number of aromatic nitrogens is 2. The van der Waals surface area contributed by atoms with Gasteiger partial charge in [0.1, 0.15) is 6.54 Å². The Morgan fingerprint density at radius 2 is 2.04 bits per heavy atom. The molecule has 0 radical (unpaired) electrons. The lowest BCUT2D eigenvalue weighted by atomic mass is 10.1. The van der Waals surface area contributed by atoms with Crippen LogP contribution < -0.4 is 5.73 Å². The lowest BCUT2D eigenvalue weighted by molar-refractivity contribution is -0.133. The maximum atomic E-state index is 12.6. The molecule has 122 valence electrons.